The summed E-state index contributed by atoms with van der Waals surface area (Å²) < 4.78 is 31.3. The minimum atomic E-state index is -4.90. The van der Waals surface area contributed by atoms with Gasteiger partial charge in [-0.05, 0) is 28.7 Å². The fourth-order valence-electron chi connectivity index (χ4n) is 2.70. The van der Waals surface area contributed by atoms with Gasteiger partial charge in [-0.1, -0.05) is 42.5 Å². The standard InChI is InChI=1S/C15H10N2O4S/c16-17-15(22(19,20)21)14(18)12-7-3-6-11-10-5-2-1-4-9(10)8-13(11)12/h1-7H,8H2,(H,19,20,21). The predicted molar refractivity (Wildman–Crippen MR) is 79.2 cm³/mol. The van der Waals surface area contributed by atoms with Crippen molar-refractivity contribution in [3.63, 3.8) is 0 Å². The van der Waals surface area contributed by atoms with Crippen molar-refractivity contribution >= 4 is 20.9 Å². The van der Waals surface area contributed by atoms with E-state index in [1.54, 1.807) is 6.07 Å². The Morgan fingerprint density at radius 2 is 1.77 bits per heavy atom. The zero-order chi connectivity index (χ0) is 15.9. The molecule has 1 aliphatic carbocycles. The molecule has 7 heteroatoms. The van der Waals surface area contributed by atoms with Gasteiger partial charge < -0.3 is 5.53 Å². The second kappa shape index (κ2) is 4.99. The molecule has 0 saturated carbocycles. The third-order valence-electron chi connectivity index (χ3n) is 3.62. The summed E-state index contributed by atoms with van der Waals surface area (Å²) in [4.78, 5) is 14.7. The zero-order valence-corrected chi connectivity index (χ0v) is 12.0. The highest BCUT2D eigenvalue weighted by atomic mass is 32.2. The van der Waals surface area contributed by atoms with Crippen LogP contribution in [0.1, 0.15) is 21.5 Å². The summed E-state index contributed by atoms with van der Waals surface area (Å²) in [5, 5.41) is -1.28. The zero-order valence-electron chi connectivity index (χ0n) is 11.2. The molecule has 0 radical (unpaired) electrons. The van der Waals surface area contributed by atoms with Gasteiger partial charge in [-0.15, -0.1) is 4.79 Å². The van der Waals surface area contributed by atoms with Crippen LogP contribution in [0.4, 0.5) is 0 Å². The molecule has 0 aromatic heterocycles. The van der Waals surface area contributed by atoms with Gasteiger partial charge in [-0.25, -0.2) is 0 Å². The van der Waals surface area contributed by atoms with Gasteiger partial charge in [0.1, 0.15) is 0 Å². The van der Waals surface area contributed by atoms with Gasteiger partial charge in [0, 0.05) is 5.56 Å². The molecule has 1 N–H and O–H groups in total. The maximum Gasteiger partial charge on any atom is 0.477 e. The first-order chi connectivity index (χ1) is 10.4. The van der Waals surface area contributed by atoms with Crippen molar-refractivity contribution in [2.75, 3.05) is 0 Å². The van der Waals surface area contributed by atoms with Crippen LogP contribution in [0.2, 0.25) is 0 Å². The summed E-state index contributed by atoms with van der Waals surface area (Å²) in [6.07, 6.45) is 0.470. The van der Waals surface area contributed by atoms with Gasteiger partial charge >= 0.3 is 15.2 Å². The Hall–Kier alpha value is -2.60. The number of carbonyl (C=O) groups is 1. The summed E-state index contributed by atoms with van der Waals surface area (Å²) in [7, 11) is -4.90. The third kappa shape index (κ3) is 2.17. The summed E-state index contributed by atoms with van der Waals surface area (Å²) in [6.45, 7) is 0. The Morgan fingerprint density at radius 3 is 2.45 bits per heavy atom. The van der Waals surface area contributed by atoms with Gasteiger partial charge in [-0.3, -0.25) is 9.35 Å². The highest BCUT2D eigenvalue weighted by Crippen LogP contribution is 2.38. The molecule has 0 fully saturated rings. The first-order valence-corrected chi connectivity index (χ1v) is 7.82. The molecular formula is C15H10N2O4S. The summed E-state index contributed by atoms with van der Waals surface area (Å²) in [5.41, 5.74) is 12.3. The molecule has 6 nitrogen and oxygen atoms in total. The SMILES string of the molecule is [N-]=[N+]=C(C(=O)c1cccc2c1Cc1ccccc1-2)S(=O)(=O)O. The molecule has 0 spiro atoms. The monoisotopic (exact) mass is 314 g/mol. The second-order valence-electron chi connectivity index (χ2n) is 4.87. The van der Waals surface area contributed by atoms with Gasteiger partial charge in [0.05, 0.1) is 0 Å². The third-order valence-corrected chi connectivity index (χ3v) is 4.38. The van der Waals surface area contributed by atoms with Crippen LogP contribution in [0.3, 0.4) is 0 Å². The predicted octanol–water partition coefficient (Wildman–Crippen LogP) is 1.96. The van der Waals surface area contributed by atoms with Crippen molar-refractivity contribution in [3.05, 3.63) is 64.7 Å². The van der Waals surface area contributed by atoms with Crippen molar-refractivity contribution in [1.29, 1.82) is 0 Å². The van der Waals surface area contributed by atoms with Gasteiger partial charge in [-0.2, -0.15) is 8.42 Å². The lowest BCUT2D eigenvalue weighted by Crippen LogP contribution is -2.26. The number of benzene rings is 2. The smallest absolute Gasteiger partial charge is 0.360 e. The van der Waals surface area contributed by atoms with E-state index in [4.69, 9.17) is 10.1 Å². The molecule has 110 valence electrons. The fourth-order valence-corrected chi connectivity index (χ4v) is 3.15. The quantitative estimate of drug-likeness (QED) is 0.195. The van der Waals surface area contributed by atoms with Crippen molar-refractivity contribution in [1.82, 2.24) is 0 Å². The molecule has 0 aliphatic heterocycles. The molecule has 0 heterocycles. The van der Waals surface area contributed by atoms with E-state index in [0.29, 0.717) is 12.0 Å². The minimum absolute atomic E-state index is 0.0964. The van der Waals surface area contributed by atoms with Gasteiger partial charge in [0.15, 0.2) is 0 Å². The fraction of sp³-hybridized carbons (Fsp3) is 0.0667. The van der Waals surface area contributed by atoms with Crippen LogP contribution in [0, 0.1) is 0 Å². The molecule has 3 rings (SSSR count). The first kappa shape index (κ1) is 14.3. The average molecular weight is 314 g/mol. The molecule has 0 saturated heterocycles. The van der Waals surface area contributed by atoms with E-state index >= 15 is 0 Å². The Bertz CT molecular complexity index is 957. The topological polar surface area (TPSA) is 108 Å². The molecule has 0 atom stereocenters. The maximum absolute atomic E-state index is 12.3. The molecule has 2 aromatic rings. The van der Waals surface area contributed by atoms with E-state index in [0.717, 1.165) is 16.7 Å². The van der Waals surface area contributed by atoms with Crippen LogP contribution in [-0.2, 0) is 16.5 Å². The number of hydrogen-bond acceptors (Lipinski definition) is 3. The number of carbonyl (C=O) groups excluding carboxylic acids is 1. The lowest BCUT2D eigenvalue weighted by atomic mass is 9.99. The molecular weight excluding hydrogens is 304 g/mol. The number of Topliss-reactive ketones (excluding diaryl/α,β-unsaturated/α-hetero) is 1. The van der Waals surface area contributed by atoms with E-state index in [1.807, 2.05) is 30.3 Å². The van der Waals surface area contributed by atoms with Gasteiger partial charge in [0.2, 0.25) is 0 Å². The molecule has 0 bridgehead atoms. The van der Waals surface area contributed by atoms with Crippen molar-refractivity contribution < 1.29 is 22.6 Å². The van der Waals surface area contributed by atoms with Crippen LogP contribution in [-0.4, -0.2) is 28.6 Å². The molecule has 2 aromatic carbocycles. The number of hydrogen-bond donors (Lipinski definition) is 1. The van der Waals surface area contributed by atoms with Crippen molar-refractivity contribution in [2.24, 2.45) is 0 Å². The Labute approximate surface area is 126 Å². The molecule has 0 unspecified atom stereocenters. The number of fused-ring (bicyclic) bond motifs is 3. The lowest BCUT2D eigenvalue weighted by Gasteiger charge is -2.04. The van der Waals surface area contributed by atoms with E-state index in [1.165, 1.54) is 6.07 Å². The normalized spacial score (nSPS) is 12.2. The Morgan fingerprint density at radius 1 is 1.09 bits per heavy atom. The number of ketones is 1. The van der Waals surface area contributed by atoms with Crippen molar-refractivity contribution in [2.45, 2.75) is 6.42 Å². The largest absolute Gasteiger partial charge is 0.477 e. The van der Waals surface area contributed by atoms with E-state index < -0.39 is 20.9 Å². The van der Waals surface area contributed by atoms with Crippen LogP contribution in [0.25, 0.3) is 16.7 Å². The molecule has 22 heavy (non-hydrogen) atoms. The molecule has 1 aliphatic rings. The first-order valence-electron chi connectivity index (χ1n) is 6.38. The Kier molecular flexibility index (Phi) is 3.26. The number of rotatable bonds is 2. The average Bonchev–Trinajstić information content (AvgIpc) is 2.84. The number of nitrogens with zero attached hydrogens (tertiary/aromatic N) is 2. The summed E-state index contributed by atoms with van der Waals surface area (Å²) >= 11 is 0. The molecule has 0 amide bonds. The second-order valence-corrected chi connectivity index (χ2v) is 6.21. The highest BCUT2D eigenvalue weighted by molar-refractivity contribution is 8.03. The van der Waals surface area contributed by atoms with Gasteiger partial charge in [0.25, 0.3) is 5.78 Å². The van der Waals surface area contributed by atoms with Crippen LogP contribution in [0.15, 0.2) is 42.5 Å². The highest BCUT2D eigenvalue weighted by Gasteiger charge is 2.37. The van der Waals surface area contributed by atoms with Crippen LogP contribution in [0.5, 0.6) is 0 Å². The van der Waals surface area contributed by atoms with Crippen LogP contribution < -0.4 is 0 Å². The summed E-state index contributed by atoms with van der Waals surface area (Å²) in [5.74, 6) is -1.03. The minimum Gasteiger partial charge on any atom is -0.360 e. The van der Waals surface area contributed by atoms with E-state index in [2.05, 4.69) is 4.79 Å². The van der Waals surface area contributed by atoms with E-state index in [9.17, 15) is 13.2 Å². The maximum atomic E-state index is 12.3. The van der Waals surface area contributed by atoms with E-state index in [-0.39, 0.29) is 5.56 Å². The van der Waals surface area contributed by atoms with Crippen LogP contribution >= 0.6 is 0 Å². The lowest BCUT2D eigenvalue weighted by molar-refractivity contribution is -0.00225. The van der Waals surface area contributed by atoms with Crippen molar-refractivity contribution in [3.8, 4) is 11.1 Å². The summed E-state index contributed by atoms with van der Waals surface area (Å²) in [6, 6.07) is 12.5. The Balaban J connectivity index is 2.17.